The lowest BCUT2D eigenvalue weighted by atomic mass is 9.90. The van der Waals surface area contributed by atoms with Crippen LogP contribution < -0.4 is 5.73 Å². The Balaban J connectivity index is 0.000000223. The van der Waals surface area contributed by atoms with Crippen LogP contribution in [0.25, 0.3) is 0 Å². The van der Waals surface area contributed by atoms with Crippen LogP contribution in [0.1, 0.15) is 78.5 Å². The number of primary amides is 1. The molecule has 160 valence electrons. The Kier molecular flexibility index (Phi) is 10.4. The van der Waals surface area contributed by atoms with Gasteiger partial charge in [-0.1, -0.05) is 44.2 Å². The van der Waals surface area contributed by atoms with Crippen LogP contribution in [0.5, 0.6) is 0 Å². The van der Waals surface area contributed by atoms with Gasteiger partial charge in [-0.2, -0.15) is 0 Å². The molecule has 3 rings (SSSR count). The van der Waals surface area contributed by atoms with Gasteiger partial charge in [-0.3, -0.25) is 14.4 Å². The third-order valence-corrected chi connectivity index (χ3v) is 5.08. The van der Waals surface area contributed by atoms with Crippen molar-refractivity contribution < 1.29 is 34.5 Å². The zero-order valence-corrected chi connectivity index (χ0v) is 16.4. The molecule has 1 amide bonds. The number of carbonyl (C=O) groups is 4. The van der Waals surface area contributed by atoms with Crippen LogP contribution in [0, 0.1) is 11.8 Å². The average molecular weight is 407 g/mol. The van der Waals surface area contributed by atoms with Crippen molar-refractivity contribution in [1.29, 1.82) is 0 Å². The monoisotopic (exact) mass is 407 g/mol. The van der Waals surface area contributed by atoms with Crippen molar-refractivity contribution in [3.05, 3.63) is 35.4 Å². The van der Waals surface area contributed by atoms with E-state index in [-0.39, 0.29) is 23.0 Å². The van der Waals surface area contributed by atoms with Crippen molar-refractivity contribution in [2.45, 2.75) is 57.8 Å². The molecule has 1 aromatic rings. The summed E-state index contributed by atoms with van der Waals surface area (Å²) in [5.41, 5.74) is 4.92. The number of carbonyl (C=O) groups excluding carboxylic acids is 1. The van der Waals surface area contributed by atoms with Crippen LogP contribution in [-0.2, 0) is 9.59 Å². The summed E-state index contributed by atoms with van der Waals surface area (Å²) < 4.78 is 0. The maximum atomic E-state index is 10.7. The predicted molar refractivity (Wildman–Crippen MR) is 106 cm³/mol. The number of carboxylic acids is 3. The normalized spacial score (nSPS) is 16.6. The Bertz CT molecular complexity index is 672. The maximum Gasteiger partial charge on any atom is 0.336 e. The molecule has 0 spiro atoms. The zero-order chi connectivity index (χ0) is 21.8. The molecule has 5 N–H and O–H groups in total. The number of hydrogen-bond donors (Lipinski definition) is 4. The van der Waals surface area contributed by atoms with Crippen molar-refractivity contribution in [1.82, 2.24) is 0 Å². The third kappa shape index (κ3) is 8.76. The van der Waals surface area contributed by atoms with Gasteiger partial charge < -0.3 is 21.1 Å². The first-order chi connectivity index (χ1) is 13.7. The molecule has 0 saturated heterocycles. The van der Waals surface area contributed by atoms with Gasteiger partial charge in [-0.05, 0) is 37.8 Å². The molecule has 0 atom stereocenters. The van der Waals surface area contributed by atoms with Gasteiger partial charge in [0.1, 0.15) is 0 Å². The second-order valence-corrected chi connectivity index (χ2v) is 7.21. The van der Waals surface area contributed by atoms with Gasteiger partial charge in [0.25, 0.3) is 0 Å². The Morgan fingerprint density at radius 2 is 1.07 bits per heavy atom. The van der Waals surface area contributed by atoms with E-state index >= 15 is 0 Å². The molecule has 0 bridgehead atoms. The van der Waals surface area contributed by atoms with Crippen molar-refractivity contribution in [3.63, 3.8) is 0 Å². The molecule has 0 unspecified atom stereocenters. The molecule has 0 aliphatic heterocycles. The summed E-state index contributed by atoms with van der Waals surface area (Å²) in [6, 6.07) is 5.82. The molecule has 0 aromatic heterocycles. The number of amides is 1. The molecule has 0 radical (unpaired) electrons. The molecular formula is C21H29NO7. The lowest BCUT2D eigenvalue weighted by Gasteiger charge is -2.16. The number of aliphatic carboxylic acids is 2. The van der Waals surface area contributed by atoms with Gasteiger partial charge in [0.05, 0.1) is 23.0 Å². The minimum Gasteiger partial charge on any atom is -0.481 e. The smallest absolute Gasteiger partial charge is 0.336 e. The van der Waals surface area contributed by atoms with Crippen molar-refractivity contribution in [2.24, 2.45) is 17.6 Å². The topological polar surface area (TPSA) is 155 Å². The number of aromatic carboxylic acids is 1. The minimum atomic E-state index is -1.15. The van der Waals surface area contributed by atoms with Crippen LogP contribution in [0.15, 0.2) is 24.3 Å². The highest BCUT2D eigenvalue weighted by atomic mass is 16.4. The van der Waals surface area contributed by atoms with Gasteiger partial charge in [0.15, 0.2) is 0 Å². The van der Waals surface area contributed by atoms with Gasteiger partial charge in [-0.15, -0.1) is 0 Å². The molecule has 2 aliphatic rings. The first-order valence-corrected chi connectivity index (χ1v) is 9.81. The van der Waals surface area contributed by atoms with Gasteiger partial charge in [0, 0.05) is 0 Å². The quantitative estimate of drug-likeness (QED) is 0.596. The van der Waals surface area contributed by atoms with Gasteiger partial charge in [0.2, 0.25) is 5.91 Å². The summed E-state index contributed by atoms with van der Waals surface area (Å²) in [6.07, 6.45) is 9.25. The standard InChI is InChI=1S/C8H7NO3.C7H12O2.C6H10O2/c9-7(10)5-3-1-2-4-6(5)8(11)12;8-7(9)6-4-2-1-3-5-6;7-6(8)5-3-1-2-4-5/h1-4H,(H2,9,10)(H,11,12);6H,1-5H2,(H,8,9);5H,1-4H2,(H,7,8). The highest BCUT2D eigenvalue weighted by Gasteiger charge is 2.21. The Hall–Kier alpha value is -2.90. The molecule has 2 fully saturated rings. The van der Waals surface area contributed by atoms with Crippen LogP contribution in [-0.4, -0.2) is 39.1 Å². The van der Waals surface area contributed by atoms with Gasteiger partial charge in [-0.25, -0.2) is 4.79 Å². The second kappa shape index (κ2) is 12.5. The van der Waals surface area contributed by atoms with Gasteiger partial charge >= 0.3 is 17.9 Å². The molecule has 8 nitrogen and oxygen atoms in total. The Morgan fingerprint density at radius 1 is 0.690 bits per heavy atom. The fourth-order valence-corrected chi connectivity index (χ4v) is 3.41. The van der Waals surface area contributed by atoms with Crippen LogP contribution in [0.4, 0.5) is 0 Å². The maximum absolute atomic E-state index is 10.7. The van der Waals surface area contributed by atoms with E-state index in [4.69, 9.17) is 21.1 Å². The van der Waals surface area contributed by atoms with Crippen molar-refractivity contribution in [2.75, 3.05) is 0 Å². The lowest BCUT2D eigenvalue weighted by Crippen LogP contribution is -2.16. The van der Waals surface area contributed by atoms with Crippen LogP contribution in [0.3, 0.4) is 0 Å². The van der Waals surface area contributed by atoms with E-state index in [0.717, 1.165) is 51.4 Å². The number of carboxylic acid groups (broad SMARTS) is 3. The van der Waals surface area contributed by atoms with E-state index in [1.807, 2.05) is 0 Å². The Labute approximate surface area is 169 Å². The zero-order valence-electron chi connectivity index (χ0n) is 16.4. The molecule has 29 heavy (non-hydrogen) atoms. The summed E-state index contributed by atoms with van der Waals surface area (Å²) >= 11 is 0. The largest absolute Gasteiger partial charge is 0.481 e. The van der Waals surface area contributed by atoms with E-state index in [0.29, 0.717) is 0 Å². The highest BCUT2D eigenvalue weighted by molar-refractivity contribution is 6.03. The van der Waals surface area contributed by atoms with Crippen LogP contribution >= 0.6 is 0 Å². The summed E-state index contributed by atoms with van der Waals surface area (Å²) in [4.78, 5) is 41.8. The van der Waals surface area contributed by atoms with E-state index < -0.39 is 23.8 Å². The van der Waals surface area contributed by atoms with E-state index in [1.165, 1.54) is 24.6 Å². The summed E-state index contributed by atoms with van der Waals surface area (Å²) in [5, 5.41) is 25.6. The van der Waals surface area contributed by atoms with Crippen LogP contribution in [0.2, 0.25) is 0 Å². The minimum absolute atomic E-state index is 0.0185. The number of benzene rings is 1. The Morgan fingerprint density at radius 3 is 1.34 bits per heavy atom. The number of hydrogen-bond acceptors (Lipinski definition) is 4. The molecule has 2 aliphatic carbocycles. The molecule has 2 saturated carbocycles. The SMILES string of the molecule is NC(=O)c1ccccc1C(=O)O.O=C(O)C1CCCC1.O=C(O)C1CCCCC1. The second-order valence-electron chi connectivity index (χ2n) is 7.21. The summed E-state index contributed by atoms with van der Waals surface area (Å²) in [6.45, 7) is 0. The molecule has 1 aromatic carbocycles. The predicted octanol–water partition coefficient (Wildman–Crippen LogP) is 3.40. The molecular weight excluding hydrogens is 378 g/mol. The summed E-state index contributed by atoms with van der Waals surface area (Å²) in [7, 11) is 0. The van der Waals surface area contributed by atoms with Crippen molar-refractivity contribution in [3.8, 4) is 0 Å². The fourth-order valence-electron chi connectivity index (χ4n) is 3.41. The van der Waals surface area contributed by atoms with E-state index in [9.17, 15) is 19.2 Å². The molecule has 8 heteroatoms. The first kappa shape index (κ1) is 24.1. The van der Waals surface area contributed by atoms with E-state index in [2.05, 4.69) is 0 Å². The third-order valence-electron chi connectivity index (χ3n) is 5.08. The van der Waals surface area contributed by atoms with E-state index in [1.54, 1.807) is 6.07 Å². The number of rotatable bonds is 4. The van der Waals surface area contributed by atoms with Crippen molar-refractivity contribution >= 4 is 23.8 Å². The fraction of sp³-hybridized carbons (Fsp3) is 0.524. The lowest BCUT2D eigenvalue weighted by molar-refractivity contribution is -0.143. The number of nitrogens with two attached hydrogens (primary N) is 1. The average Bonchev–Trinajstić information content (AvgIpc) is 3.25. The highest BCUT2D eigenvalue weighted by Crippen LogP contribution is 2.24. The molecule has 0 heterocycles. The summed E-state index contributed by atoms with van der Waals surface area (Å²) in [5.74, 6) is -3.14. The first-order valence-electron chi connectivity index (χ1n) is 9.81.